The SMILES string of the molecule is Cc1ccc2c(c1C)CBC1CC21. The third-order valence-corrected chi connectivity index (χ3v) is 3.99. The van der Waals surface area contributed by atoms with E-state index < -0.39 is 0 Å². The summed E-state index contributed by atoms with van der Waals surface area (Å²) in [5.74, 6) is 2.00. The molecule has 1 fully saturated rings. The zero-order valence-electron chi connectivity index (χ0n) is 8.43. The Morgan fingerprint density at radius 3 is 3.00 bits per heavy atom. The van der Waals surface area contributed by atoms with Crippen molar-refractivity contribution in [1.82, 2.24) is 0 Å². The number of benzene rings is 1. The Morgan fingerprint density at radius 1 is 1.31 bits per heavy atom. The van der Waals surface area contributed by atoms with Crippen LogP contribution in [-0.2, 0) is 6.32 Å². The summed E-state index contributed by atoms with van der Waals surface area (Å²) < 4.78 is 0. The van der Waals surface area contributed by atoms with Gasteiger partial charge in [-0.1, -0.05) is 30.7 Å². The van der Waals surface area contributed by atoms with Crippen LogP contribution in [0.25, 0.3) is 0 Å². The van der Waals surface area contributed by atoms with Gasteiger partial charge in [-0.25, -0.2) is 0 Å². The number of hydrogen-bond donors (Lipinski definition) is 0. The molecule has 1 saturated carbocycles. The number of rotatable bonds is 0. The zero-order chi connectivity index (χ0) is 9.00. The van der Waals surface area contributed by atoms with Crippen LogP contribution < -0.4 is 0 Å². The Kier molecular flexibility index (Phi) is 1.42. The van der Waals surface area contributed by atoms with Gasteiger partial charge in [-0.2, -0.15) is 0 Å². The molecule has 13 heavy (non-hydrogen) atoms. The van der Waals surface area contributed by atoms with Crippen LogP contribution >= 0.6 is 0 Å². The molecule has 0 spiro atoms. The molecule has 1 heteroatoms. The van der Waals surface area contributed by atoms with Crippen molar-refractivity contribution in [2.45, 2.75) is 38.3 Å². The van der Waals surface area contributed by atoms with E-state index in [1.165, 1.54) is 25.6 Å². The lowest BCUT2D eigenvalue weighted by Gasteiger charge is -2.18. The average molecular weight is 170 g/mol. The van der Waals surface area contributed by atoms with Crippen molar-refractivity contribution in [1.29, 1.82) is 0 Å². The number of hydrogen-bond acceptors (Lipinski definition) is 0. The Morgan fingerprint density at radius 2 is 2.15 bits per heavy atom. The van der Waals surface area contributed by atoms with E-state index in [1.807, 2.05) is 0 Å². The van der Waals surface area contributed by atoms with Crippen LogP contribution in [-0.4, -0.2) is 7.28 Å². The van der Waals surface area contributed by atoms with Gasteiger partial charge in [0.25, 0.3) is 0 Å². The van der Waals surface area contributed by atoms with Gasteiger partial charge in [-0.15, -0.1) is 0 Å². The molecule has 0 radical (unpaired) electrons. The highest BCUT2D eigenvalue weighted by molar-refractivity contribution is 6.39. The van der Waals surface area contributed by atoms with Crippen molar-refractivity contribution >= 4 is 7.28 Å². The average Bonchev–Trinajstić information content (AvgIpc) is 2.89. The van der Waals surface area contributed by atoms with E-state index in [4.69, 9.17) is 0 Å². The van der Waals surface area contributed by atoms with E-state index >= 15 is 0 Å². The van der Waals surface area contributed by atoms with Gasteiger partial charge in [-0.3, -0.25) is 0 Å². The maximum atomic E-state index is 2.38. The molecule has 3 rings (SSSR count). The quantitative estimate of drug-likeness (QED) is 0.525. The third kappa shape index (κ3) is 0.994. The summed E-state index contributed by atoms with van der Waals surface area (Å²) in [6.07, 6.45) is 2.81. The Balaban J connectivity index is 2.19. The van der Waals surface area contributed by atoms with Crippen LogP contribution in [0.1, 0.15) is 34.6 Å². The fraction of sp³-hybridized carbons (Fsp3) is 0.500. The molecule has 2 atom stereocenters. The van der Waals surface area contributed by atoms with E-state index in [9.17, 15) is 0 Å². The fourth-order valence-corrected chi connectivity index (χ4v) is 2.85. The molecular weight excluding hydrogens is 155 g/mol. The first-order valence-electron chi connectivity index (χ1n) is 5.36. The van der Waals surface area contributed by atoms with Crippen LogP contribution in [0, 0.1) is 13.8 Å². The van der Waals surface area contributed by atoms with Crippen LogP contribution in [0.3, 0.4) is 0 Å². The van der Waals surface area contributed by atoms with Gasteiger partial charge < -0.3 is 0 Å². The van der Waals surface area contributed by atoms with Crippen molar-refractivity contribution in [3.05, 3.63) is 34.4 Å². The van der Waals surface area contributed by atoms with Gasteiger partial charge in [0.15, 0.2) is 0 Å². The zero-order valence-corrected chi connectivity index (χ0v) is 8.43. The van der Waals surface area contributed by atoms with Gasteiger partial charge in [-0.05, 0) is 42.0 Å². The molecule has 0 bridgehead atoms. The summed E-state index contributed by atoms with van der Waals surface area (Å²) in [5, 5.41) is 0. The topological polar surface area (TPSA) is 0 Å². The van der Waals surface area contributed by atoms with Crippen LogP contribution in [0.5, 0.6) is 0 Å². The maximum absolute atomic E-state index is 2.38. The predicted molar refractivity (Wildman–Crippen MR) is 57.9 cm³/mol. The van der Waals surface area contributed by atoms with E-state index in [0.29, 0.717) is 0 Å². The molecule has 0 saturated heterocycles. The van der Waals surface area contributed by atoms with Gasteiger partial charge in [0.2, 0.25) is 0 Å². The van der Waals surface area contributed by atoms with Crippen LogP contribution in [0.4, 0.5) is 0 Å². The highest BCUT2D eigenvalue weighted by Crippen LogP contribution is 2.56. The second kappa shape index (κ2) is 2.40. The molecule has 1 aromatic carbocycles. The Labute approximate surface area is 80.6 Å². The molecule has 0 nitrogen and oxygen atoms in total. The largest absolute Gasteiger partial charge is 0.130 e. The normalized spacial score (nSPS) is 28.8. The Bertz CT molecular complexity index is 368. The van der Waals surface area contributed by atoms with Crippen molar-refractivity contribution < 1.29 is 0 Å². The van der Waals surface area contributed by atoms with Gasteiger partial charge in [0.1, 0.15) is 7.28 Å². The van der Waals surface area contributed by atoms with E-state index in [-0.39, 0.29) is 0 Å². The second-order valence-corrected chi connectivity index (χ2v) is 4.72. The summed E-state index contributed by atoms with van der Waals surface area (Å²) in [6, 6.07) is 4.68. The molecule has 1 aromatic rings. The van der Waals surface area contributed by atoms with E-state index in [2.05, 4.69) is 26.0 Å². The minimum absolute atomic E-state index is 0.947. The summed E-state index contributed by atoms with van der Waals surface area (Å²) >= 11 is 0. The first kappa shape index (κ1) is 7.67. The summed E-state index contributed by atoms with van der Waals surface area (Å²) in [4.78, 5) is 0. The molecule has 0 amide bonds. The predicted octanol–water partition coefficient (Wildman–Crippen LogP) is 2.53. The van der Waals surface area contributed by atoms with Gasteiger partial charge >= 0.3 is 0 Å². The minimum Gasteiger partial charge on any atom is -0.0588 e. The molecule has 2 unspecified atom stereocenters. The van der Waals surface area contributed by atoms with Gasteiger partial charge in [0.05, 0.1) is 0 Å². The molecule has 0 aromatic heterocycles. The number of aryl methyl sites for hydroxylation is 1. The monoisotopic (exact) mass is 170 g/mol. The van der Waals surface area contributed by atoms with Crippen molar-refractivity contribution in [3.8, 4) is 0 Å². The highest BCUT2D eigenvalue weighted by atomic mass is 14.4. The molecular formula is C12H15B. The second-order valence-electron chi connectivity index (χ2n) is 4.72. The van der Waals surface area contributed by atoms with Crippen LogP contribution in [0.15, 0.2) is 12.1 Å². The van der Waals surface area contributed by atoms with Crippen molar-refractivity contribution in [2.75, 3.05) is 0 Å². The molecule has 1 aliphatic carbocycles. The van der Waals surface area contributed by atoms with E-state index in [0.717, 1.165) is 11.7 Å². The molecule has 1 aliphatic heterocycles. The molecule has 66 valence electrons. The first-order chi connectivity index (χ1) is 6.27. The standard InChI is InChI=1S/C12H15B/c1-7-3-4-9-10-5-12(10)13-6-11(9)8(7)2/h3-4,10,12-13H,5-6H2,1-2H3. The summed E-state index contributed by atoms with van der Waals surface area (Å²) in [5.41, 5.74) is 6.39. The lowest BCUT2D eigenvalue weighted by atomic mass is 9.60. The van der Waals surface area contributed by atoms with Gasteiger partial charge in [0, 0.05) is 0 Å². The highest BCUT2D eigenvalue weighted by Gasteiger charge is 2.42. The molecule has 0 N–H and O–H groups in total. The van der Waals surface area contributed by atoms with Crippen molar-refractivity contribution in [3.63, 3.8) is 0 Å². The summed E-state index contributed by atoms with van der Waals surface area (Å²) in [6.45, 7) is 4.52. The summed E-state index contributed by atoms with van der Waals surface area (Å²) in [7, 11) is 1.45. The third-order valence-electron chi connectivity index (χ3n) is 3.99. The van der Waals surface area contributed by atoms with E-state index in [1.54, 1.807) is 16.7 Å². The molecule has 2 aliphatic rings. The maximum Gasteiger partial charge on any atom is 0.130 e. The lowest BCUT2D eigenvalue weighted by molar-refractivity contribution is 1.02. The smallest absolute Gasteiger partial charge is 0.0588 e. The minimum atomic E-state index is 0.947. The Hall–Kier alpha value is -0.715. The number of fused-ring (bicyclic) bond motifs is 3. The van der Waals surface area contributed by atoms with Crippen LogP contribution in [0.2, 0.25) is 5.82 Å². The lowest BCUT2D eigenvalue weighted by Crippen LogP contribution is -2.09. The van der Waals surface area contributed by atoms with Crippen molar-refractivity contribution in [2.24, 2.45) is 0 Å². The molecule has 1 heterocycles. The first-order valence-corrected chi connectivity index (χ1v) is 5.36. The fourth-order valence-electron chi connectivity index (χ4n) is 2.85.